The highest BCUT2D eigenvalue weighted by molar-refractivity contribution is 6.31. The van der Waals surface area contributed by atoms with Gasteiger partial charge in [0.25, 0.3) is 11.5 Å². The van der Waals surface area contributed by atoms with E-state index in [0.717, 1.165) is 24.0 Å². The van der Waals surface area contributed by atoms with Crippen LogP contribution >= 0.6 is 11.6 Å². The number of nitrogens with zero attached hydrogens (tertiary/aromatic N) is 2. The van der Waals surface area contributed by atoms with Crippen molar-refractivity contribution < 1.29 is 4.79 Å². The zero-order valence-electron chi connectivity index (χ0n) is 17.0. The zero-order chi connectivity index (χ0) is 21.1. The molecule has 154 valence electrons. The molecule has 0 radical (unpaired) electrons. The molecular formula is C25H25ClN2O2. The summed E-state index contributed by atoms with van der Waals surface area (Å²) in [5.74, 6) is 0.498. The molecule has 0 N–H and O–H groups in total. The Morgan fingerprint density at radius 2 is 1.77 bits per heavy atom. The van der Waals surface area contributed by atoms with Crippen LogP contribution in [0.15, 0.2) is 77.7 Å². The molecule has 0 aliphatic heterocycles. The van der Waals surface area contributed by atoms with E-state index in [1.165, 1.54) is 6.07 Å². The Hall–Kier alpha value is -2.85. The fourth-order valence-corrected chi connectivity index (χ4v) is 3.97. The number of aromatic nitrogens is 1. The van der Waals surface area contributed by atoms with Gasteiger partial charge in [0.2, 0.25) is 0 Å². The molecule has 1 amide bonds. The van der Waals surface area contributed by atoms with Crippen molar-refractivity contribution >= 4 is 17.5 Å². The predicted molar refractivity (Wildman–Crippen MR) is 120 cm³/mol. The van der Waals surface area contributed by atoms with Crippen molar-refractivity contribution in [3.63, 3.8) is 0 Å². The summed E-state index contributed by atoms with van der Waals surface area (Å²) in [6.45, 7) is 3.01. The van der Waals surface area contributed by atoms with Crippen LogP contribution in [0, 0.1) is 5.92 Å². The summed E-state index contributed by atoms with van der Waals surface area (Å²) in [4.78, 5) is 27.8. The molecule has 3 aromatic rings. The second-order valence-corrected chi connectivity index (χ2v) is 8.38. The molecule has 0 saturated heterocycles. The van der Waals surface area contributed by atoms with E-state index in [0.29, 0.717) is 29.6 Å². The van der Waals surface area contributed by atoms with Crippen LogP contribution < -0.4 is 5.56 Å². The lowest BCUT2D eigenvalue weighted by Crippen LogP contribution is -2.40. The van der Waals surface area contributed by atoms with E-state index in [4.69, 9.17) is 11.6 Å². The maximum absolute atomic E-state index is 13.5. The number of hydrogen-bond acceptors (Lipinski definition) is 2. The van der Waals surface area contributed by atoms with E-state index < -0.39 is 0 Å². The van der Waals surface area contributed by atoms with E-state index >= 15 is 0 Å². The summed E-state index contributed by atoms with van der Waals surface area (Å²) in [5.41, 5.74) is 2.31. The number of hydrogen-bond donors (Lipinski definition) is 0. The number of pyridine rings is 1. The maximum atomic E-state index is 13.5. The van der Waals surface area contributed by atoms with Crippen LogP contribution in [0.4, 0.5) is 0 Å². The van der Waals surface area contributed by atoms with Crippen molar-refractivity contribution in [3.05, 3.63) is 105 Å². The number of carbonyl (C=O) groups is 1. The summed E-state index contributed by atoms with van der Waals surface area (Å²) in [7, 11) is 0. The molecule has 0 bridgehead atoms. The summed E-state index contributed by atoms with van der Waals surface area (Å²) in [6, 6.07) is 20.7. The maximum Gasteiger partial charge on any atom is 0.255 e. The van der Waals surface area contributed by atoms with Crippen LogP contribution in [-0.2, 0) is 13.1 Å². The van der Waals surface area contributed by atoms with Crippen molar-refractivity contribution in [2.45, 2.75) is 38.9 Å². The molecule has 1 heterocycles. The SMILES string of the molecule is CC(C1CC1)N(Cc1ccccc1)C(=O)c1ccc(=O)n(Cc2ccccc2Cl)c1. The number of benzene rings is 2. The largest absolute Gasteiger partial charge is 0.331 e. The minimum atomic E-state index is -0.156. The van der Waals surface area contributed by atoms with Gasteiger partial charge in [-0.15, -0.1) is 0 Å². The molecule has 4 rings (SSSR count). The summed E-state index contributed by atoms with van der Waals surface area (Å²) >= 11 is 6.26. The smallest absolute Gasteiger partial charge is 0.255 e. The zero-order valence-corrected chi connectivity index (χ0v) is 17.8. The molecule has 4 nitrogen and oxygen atoms in total. The van der Waals surface area contributed by atoms with Gasteiger partial charge in [-0.3, -0.25) is 9.59 Å². The average Bonchev–Trinajstić information content (AvgIpc) is 3.60. The molecule has 30 heavy (non-hydrogen) atoms. The first kappa shape index (κ1) is 20.4. The summed E-state index contributed by atoms with van der Waals surface area (Å²) in [5, 5.41) is 0.606. The van der Waals surface area contributed by atoms with Gasteiger partial charge in [-0.25, -0.2) is 0 Å². The molecule has 1 aromatic heterocycles. The second-order valence-electron chi connectivity index (χ2n) is 7.97. The van der Waals surface area contributed by atoms with E-state index in [1.807, 2.05) is 53.4 Å². The van der Waals surface area contributed by atoms with Gasteiger partial charge in [0.05, 0.1) is 12.1 Å². The molecular weight excluding hydrogens is 396 g/mol. The van der Waals surface area contributed by atoms with Crippen molar-refractivity contribution in [1.82, 2.24) is 9.47 Å². The number of halogens is 1. The van der Waals surface area contributed by atoms with Gasteiger partial charge in [0.15, 0.2) is 0 Å². The summed E-state index contributed by atoms with van der Waals surface area (Å²) < 4.78 is 1.55. The van der Waals surface area contributed by atoms with Crippen LogP contribution in [-0.4, -0.2) is 21.4 Å². The lowest BCUT2D eigenvalue weighted by atomic mass is 10.1. The molecule has 5 heteroatoms. The number of carbonyl (C=O) groups excluding carboxylic acids is 1. The Morgan fingerprint density at radius 1 is 1.07 bits per heavy atom. The molecule has 1 aliphatic rings. The molecule has 2 aromatic carbocycles. The van der Waals surface area contributed by atoms with Gasteiger partial charge in [0.1, 0.15) is 0 Å². The Kier molecular flexibility index (Phi) is 6.05. The van der Waals surface area contributed by atoms with Crippen molar-refractivity contribution in [1.29, 1.82) is 0 Å². The Balaban J connectivity index is 1.62. The number of rotatable bonds is 7. The van der Waals surface area contributed by atoms with Gasteiger partial charge >= 0.3 is 0 Å². The number of amides is 1. The molecule has 1 saturated carbocycles. The molecule has 1 atom stereocenters. The Bertz CT molecular complexity index is 1090. The van der Waals surface area contributed by atoms with Gasteiger partial charge in [-0.1, -0.05) is 60.1 Å². The first-order valence-electron chi connectivity index (χ1n) is 10.3. The first-order chi connectivity index (χ1) is 14.5. The van der Waals surface area contributed by atoms with Gasteiger partial charge in [0, 0.05) is 29.9 Å². The topological polar surface area (TPSA) is 42.3 Å². The third-order valence-electron chi connectivity index (χ3n) is 5.78. The van der Waals surface area contributed by atoms with E-state index in [9.17, 15) is 9.59 Å². The fraction of sp³-hybridized carbons (Fsp3) is 0.280. The Labute approximate surface area is 181 Å². The fourth-order valence-electron chi connectivity index (χ4n) is 3.77. The normalized spacial score (nSPS) is 14.3. The summed E-state index contributed by atoms with van der Waals surface area (Å²) in [6.07, 6.45) is 3.98. The minimum Gasteiger partial charge on any atom is -0.331 e. The Morgan fingerprint density at radius 3 is 2.47 bits per heavy atom. The van der Waals surface area contributed by atoms with Gasteiger partial charge in [-0.2, -0.15) is 0 Å². The van der Waals surface area contributed by atoms with Gasteiger partial charge < -0.3 is 9.47 Å². The van der Waals surface area contributed by atoms with Crippen LogP contribution in [0.5, 0.6) is 0 Å². The first-order valence-corrected chi connectivity index (χ1v) is 10.7. The van der Waals surface area contributed by atoms with Gasteiger partial charge in [-0.05, 0) is 48.9 Å². The molecule has 1 aliphatic carbocycles. The van der Waals surface area contributed by atoms with Crippen LogP contribution in [0.1, 0.15) is 41.3 Å². The molecule has 0 spiro atoms. The minimum absolute atomic E-state index is 0.0499. The second kappa shape index (κ2) is 8.88. The van der Waals surface area contributed by atoms with Crippen molar-refractivity contribution in [2.75, 3.05) is 0 Å². The standard InChI is InChI=1S/C25H25ClN2O2/c1-18(20-11-12-20)28(15-19-7-3-2-4-8-19)25(30)22-13-14-24(29)27(17-22)16-21-9-5-6-10-23(21)26/h2-10,13-14,17-18,20H,11-12,15-16H2,1H3. The van der Waals surface area contributed by atoms with Crippen molar-refractivity contribution in [2.24, 2.45) is 5.92 Å². The monoisotopic (exact) mass is 420 g/mol. The van der Waals surface area contributed by atoms with Crippen LogP contribution in [0.2, 0.25) is 5.02 Å². The van der Waals surface area contributed by atoms with Crippen molar-refractivity contribution in [3.8, 4) is 0 Å². The third kappa shape index (κ3) is 4.65. The highest BCUT2D eigenvalue weighted by atomic mass is 35.5. The van der Waals surface area contributed by atoms with E-state index in [1.54, 1.807) is 22.9 Å². The van der Waals surface area contributed by atoms with E-state index in [2.05, 4.69) is 6.92 Å². The lowest BCUT2D eigenvalue weighted by Gasteiger charge is -2.30. The predicted octanol–water partition coefficient (Wildman–Crippen LogP) is 4.99. The highest BCUT2D eigenvalue weighted by Crippen LogP contribution is 2.36. The molecule has 1 unspecified atom stereocenters. The highest BCUT2D eigenvalue weighted by Gasteiger charge is 2.34. The molecule has 1 fully saturated rings. The quantitative estimate of drug-likeness (QED) is 0.540. The van der Waals surface area contributed by atoms with E-state index in [-0.39, 0.29) is 17.5 Å². The average molecular weight is 421 g/mol. The lowest BCUT2D eigenvalue weighted by molar-refractivity contribution is 0.0653. The third-order valence-corrected chi connectivity index (χ3v) is 6.15. The van der Waals surface area contributed by atoms with Crippen LogP contribution in [0.25, 0.3) is 0 Å². The van der Waals surface area contributed by atoms with Crippen LogP contribution in [0.3, 0.4) is 0 Å².